The lowest BCUT2D eigenvalue weighted by Gasteiger charge is -2.25. The van der Waals surface area contributed by atoms with Crippen LogP contribution < -0.4 is 0 Å². The van der Waals surface area contributed by atoms with Crippen molar-refractivity contribution in [1.29, 1.82) is 0 Å². The van der Waals surface area contributed by atoms with Gasteiger partial charge in [0.15, 0.2) is 5.16 Å². The molecule has 80 valence electrons. The van der Waals surface area contributed by atoms with Gasteiger partial charge in [-0.05, 0) is 6.26 Å². The normalized spacial score (nSPS) is 14.9. The molecule has 0 atom stereocenters. The molecule has 6 heteroatoms. The van der Waals surface area contributed by atoms with E-state index in [-0.39, 0.29) is 0 Å². The standard InChI is InChI=1S/C9H11N3O2S/c1-15-8-10-4-6-5-12(9(13)14)3-2-7(6)11-8/h4H,2-3,5H2,1H3,(H,13,14). The van der Waals surface area contributed by atoms with Crippen LogP contribution in [0.25, 0.3) is 0 Å². The third kappa shape index (κ3) is 2.04. The molecule has 1 N–H and O–H groups in total. The van der Waals surface area contributed by atoms with Crippen LogP contribution in [-0.4, -0.2) is 38.9 Å². The van der Waals surface area contributed by atoms with Crippen LogP contribution in [0.2, 0.25) is 0 Å². The monoisotopic (exact) mass is 225 g/mol. The number of fused-ring (bicyclic) bond motifs is 1. The van der Waals surface area contributed by atoms with Gasteiger partial charge in [-0.25, -0.2) is 14.8 Å². The molecule has 0 saturated carbocycles. The summed E-state index contributed by atoms with van der Waals surface area (Å²) in [6.45, 7) is 0.923. The number of thioether (sulfide) groups is 1. The lowest BCUT2D eigenvalue weighted by Crippen LogP contribution is -2.35. The summed E-state index contributed by atoms with van der Waals surface area (Å²) in [5.74, 6) is 0. The fraction of sp³-hybridized carbons (Fsp3) is 0.444. The van der Waals surface area contributed by atoms with Crippen molar-refractivity contribution in [3.05, 3.63) is 17.5 Å². The van der Waals surface area contributed by atoms with E-state index in [1.165, 1.54) is 16.7 Å². The van der Waals surface area contributed by atoms with Crippen LogP contribution in [0.5, 0.6) is 0 Å². The third-order valence-corrected chi connectivity index (χ3v) is 2.93. The largest absolute Gasteiger partial charge is 0.465 e. The molecular weight excluding hydrogens is 214 g/mol. The summed E-state index contributed by atoms with van der Waals surface area (Å²) in [5.41, 5.74) is 1.90. The fourth-order valence-corrected chi connectivity index (χ4v) is 1.92. The SMILES string of the molecule is CSc1ncc2c(n1)CCN(C(=O)O)C2. The molecule has 0 radical (unpaired) electrons. The summed E-state index contributed by atoms with van der Waals surface area (Å²) in [5, 5.41) is 9.59. The minimum atomic E-state index is -0.880. The molecule has 1 aromatic heterocycles. The van der Waals surface area contributed by atoms with E-state index in [1.807, 2.05) is 6.26 Å². The van der Waals surface area contributed by atoms with Gasteiger partial charge in [-0.1, -0.05) is 11.8 Å². The van der Waals surface area contributed by atoms with E-state index in [2.05, 4.69) is 9.97 Å². The predicted octanol–water partition coefficient (Wildman–Crippen LogP) is 1.23. The Morgan fingerprint density at radius 2 is 2.47 bits per heavy atom. The molecule has 0 unspecified atom stereocenters. The molecule has 1 aliphatic heterocycles. The first-order chi connectivity index (χ1) is 7.20. The van der Waals surface area contributed by atoms with E-state index in [4.69, 9.17) is 5.11 Å². The maximum absolute atomic E-state index is 10.8. The zero-order chi connectivity index (χ0) is 10.8. The van der Waals surface area contributed by atoms with Crippen molar-refractivity contribution < 1.29 is 9.90 Å². The van der Waals surface area contributed by atoms with E-state index in [9.17, 15) is 4.79 Å². The van der Waals surface area contributed by atoms with E-state index in [1.54, 1.807) is 6.20 Å². The number of carbonyl (C=O) groups is 1. The first kappa shape index (κ1) is 10.2. The van der Waals surface area contributed by atoms with E-state index in [0.29, 0.717) is 19.5 Å². The lowest BCUT2D eigenvalue weighted by atomic mass is 10.1. The number of hydrogen-bond donors (Lipinski definition) is 1. The number of nitrogens with zero attached hydrogens (tertiary/aromatic N) is 3. The van der Waals surface area contributed by atoms with Crippen LogP contribution in [0.3, 0.4) is 0 Å². The van der Waals surface area contributed by atoms with Gasteiger partial charge in [-0.3, -0.25) is 0 Å². The fourth-order valence-electron chi connectivity index (χ4n) is 1.56. The molecule has 0 aliphatic carbocycles. The van der Waals surface area contributed by atoms with Crippen LogP contribution in [-0.2, 0) is 13.0 Å². The van der Waals surface area contributed by atoms with Gasteiger partial charge in [0.25, 0.3) is 0 Å². The molecule has 1 aliphatic rings. The van der Waals surface area contributed by atoms with Crippen LogP contribution in [0.4, 0.5) is 4.79 Å². The van der Waals surface area contributed by atoms with E-state index < -0.39 is 6.09 Å². The Kier molecular flexibility index (Phi) is 2.77. The Morgan fingerprint density at radius 1 is 1.67 bits per heavy atom. The highest BCUT2D eigenvalue weighted by Crippen LogP contribution is 2.18. The highest BCUT2D eigenvalue weighted by molar-refractivity contribution is 7.98. The van der Waals surface area contributed by atoms with Gasteiger partial charge in [0.1, 0.15) is 0 Å². The Morgan fingerprint density at radius 3 is 3.13 bits per heavy atom. The van der Waals surface area contributed by atoms with Gasteiger partial charge in [0.2, 0.25) is 0 Å². The Bertz CT molecular complexity index is 397. The van der Waals surface area contributed by atoms with Gasteiger partial charge in [0, 0.05) is 24.7 Å². The lowest BCUT2D eigenvalue weighted by molar-refractivity contribution is 0.139. The summed E-state index contributed by atoms with van der Waals surface area (Å²) >= 11 is 1.50. The first-order valence-corrected chi connectivity index (χ1v) is 5.80. The van der Waals surface area contributed by atoms with Crippen molar-refractivity contribution in [2.24, 2.45) is 0 Å². The zero-order valence-corrected chi connectivity index (χ0v) is 9.12. The minimum Gasteiger partial charge on any atom is -0.465 e. The van der Waals surface area contributed by atoms with Gasteiger partial charge in [0.05, 0.1) is 12.2 Å². The summed E-state index contributed by atoms with van der Waals surface area (Å²) < 4.78 is 0. The van der Waals surface area contributed by atoms with Gasteiger partial charge < -0.3 is 10.0 Å². The topological polar surface area (TPSA) is 66.3 Å². The van der Waals surface area contributed by atoms with E-state index >= 15 is 0 Å². The van der Waals surface area contributed by atoms with Crippen LogP contribution in [0, 0.1) is 0 Å². The predicted molar refractivity (Wildman–Crippen MR) is 56.0 cm³/mol. The molecule has 2 rings (SSSR count). The number of amides is 1. The first-order valence-electron chi connectivity index (χ1n) is 4.57. The second-order valence-corrected chi connectivity index (χ2v) is 4.06. The van der Waals surface area contributed by atoms with Crippen molar-refractivity contribution in [3.63, 3.8) is 0 Å². The number of rotatable bonds is 1. The molecule has 0 spiro atoms. The third-order valence-electron chi connectivity index (χ3n) is 2.36. The van der Waals surface area contributed by atoms with Gasteiger partial charge in [-0.15, -0.1) is 0 Å². The van der Waals surface area contributed by atoms with Gasteiger partial charge >= 0.3 is 6.09 Å². The average Bonchev–Trinajstić information content (AvgIpc) is 2.27. The second kappa shape index (κ2) is 4.06. The summed E-state index contributed by atoms with van der Waals surface area (Å²) in [7, 11) is 0. The molecule has 0 saturated heterocycles. The van der Waals surface area contributed by atoms with Crippen molar-refractivity contribution >= 4 is 17.9 Å². The van der Waals surface area contributed by atoms with Crippen molar-refractivity contribution in [2.45, 2.75) is 18.1 Å². The maximum atomic E-state index is 10.8. The van der Waals surface area contributed by atoms with Crippen LogP contribution in [0.1, 0.15) is 11.3 Å². The molecule has 0 fully saturated rings. The summed E-state index contributed by atoms with van der Waals surface area (Å²) in [4.78, 5) is 20.6. The number of carboxylic acid groups (broad SMARTS) is 1. The number of aromatic nitrogens is 2. The maximum Gasteiger partial charge on any atom is 0.407 e. The van der Waals surface area contributed by atoms with Gasteiger partial charge in [-0.2, -0.15) is 0 Å². The molecule has 1 amide bonds. The Labute approximate surface area is 91.5 Å². The summed E-state index contributed by atoms with van der Waals surface area (Å²) in [6.07, 6.45) is 3.45. The Hall–Kier alpha value is -1.30. The second-order valence-electron chi connectivity index (χ2n) is 3.28. The zero-order valence-electron chi connectivity index (χ0n) is 8.30. The minimum absolute atomic E-state index is 0.402. The molecule has 2 heterocycles. The van der Waals surface area contributed by atoms with Crippen LogP contribution in [0.15, 0.2) is 11.4 Å². The van der Waals surface area contributed by atoms with Crippen molar-refractivity contribution in [1.82, 2.24) is 14.9 Å². The highest BCUT2D eigenvalue weighted by Gasteiger charge is 2.21. The molecule has 0 aromatic carbocycles. The molecule has 1 aromatic rings. The average molecular weight is 225 g/mol. The molecule has 5 nitrogen and oxygen atoms in total. The molecular formula is C9H11N3O2S. The quantitative estimate of drug-likeness (QED) is 0.575. The molecule has 0 bridgehead atoms. The molecule has 15 heavy (non-hydrogen) atoms. The van der Waals surface area contributed by atoms with Crippen molar-refractivity contribution in [2.75, 3.05) is 12.8 Å². The van der Waals surface area contributed by atoms with Crippen molar-refractivity contribution in [3.8, 4) is 0 Å². The Balaban J connectivity index is 2.24. The van der Waals surface area contributed by atoms with Crippen LogP contribution >= 0.6 is 11.8 Å². The summed E-state index contributed by atoms with van der Waals surface area (Å²) in [6, 6.07) is 0. The highest BCUT2D eigenvalue weighted by atomic mass is 32.2. The smallest absolute Gasteiger partial charge is 0.407 e. The number of hydrogen-bond acceptors (Lipinski definition) is 4. The van der Waals surface area contributed by atoms with E-state index in [0.717, 1.165) is 16.4 Å².